The fourth-order valence-corrected chi connectivity index (χ4v) is 2.76. The molecule has 0 fully saturated rings. The molecule has 0 saturated heterocycles. The SMILES string of the molecule is COC(=O)Cc1cc(NCc2cnc(Cl)s2)c(O)c(OC)c1. The zero-order chi connectivity index (χ0) is 16.1. The van der Waals surface area contributed by atoms with Gasteiger partial charge in [-0.3, -0.25) is 4.79 Å². The van der Waals surface area contributed by atoms with Crippen LogP contribution in [0.4, 0.5) is 5.69 Å². The van der Waals surface area contributed by atoms with Gasteiger partial charge in [-0.25, -0.2) is 4.98 Å². The molecular formula is C14H15ClN2O4S. The number of benzene rings is 1. The van der Waals surface area contributed by atoms with E-state index in [4.69, 9.17) is 16.3 Å². The van der Waals surface area contributed by atoms with Crippen molar-refractivity contribution < 1.29 is 19.4 Å². The number of aromatic hydroxyl groups is 1. The molecule has 1 heterocycles. The maximum Gasteiger partial charge on any atom is 0.309 e. The maximum absolute atomic E-state index is 11.4. The molecule has 118 valence electrons. The Kier molecular flexibility index (Phi) is 5.46. The van der Waals surface area contributed by atoms with Crippen LogP contribution >= 0.6 is 22.9 Å². The quantitative estimate of drug-likeness (QED) is 0.620. The van der Waals surface area contributed by atoms with Crippen LogP contribution in [0.15, 0.2) is 18.3 Å². The van der Waals surface area contributed by atoms with Crippen molar-refractivity contribution in [2.24, 2.45) is 0 Å². The van der Waals surface area contributed by atoms with E-state index in [1.54, 1.807) is 18.3 Å². The van der Waals surface area contributed by atoms with Crippen molar-refractivity contribution in [1.29, 1.82) is 0 Å². The number of rotatable bonds is 6. The van der Waals surface area contributed by atoms with Gasteiger partial charge >= 0.3 is 5.97 Å². The zero-order valence-electron chi connectivity index (χ0n) is 12.1. The smallest absolute Gasteiger partial charge is 0.309 e. The Labute approximate surface area is 136 Å². The van der Waals surface area contributed by atoms with Crippen LogP contribution in [0.1, 0.15) is 10.4 Å². The Morgan fingerprint density at radius 1 is 1.45 bits per heavy atom. The maximum atomic E-state index is 11.4. The molecule has 6 nitrogen and oxygen atoms in total. The van der Waals surface area contributed by atoms with Gasteiger partial charge in [0.1, 0.15) is 0 Å². The zero-order valence-corrected chi connectivity index (χ0v) is 13.6. The molecule has 0 bridgehead atoms. The molecule has 1 aromatic carbocycles. The van der Waals surface area contributed by atoms with Crippen molar-refractivity contribution in [1.82, 2.24) is 4.98 Å². The number of methoxy groups -OCH3 is 2. The van der Waals surface area contributed by atoms with Gasteiger partial charge in [0, 0.05) is 11.1 Å². The first-order valence-corrected chi connectivity index (χ1v) is 7.53. The number of hydrogen-bond acceptors (Lipinski definition) is 7. The molecule has 0 aliphatic carbocycles. The van der Waals surface area contributed by atoms with Gasteiger partial charge in [0.25, 0.3) is 0 Å². The van der Waals surface area contributed by atoms with Gasteiger partial charge in [0.2, 0.25) is 0 Å². The van der Waals surface area contributed by atoms with Crippen molar-refractivity contribution in [3.05, 3.63) is 33.2 Å². The lowest BCUT2D eigenvalue weighted by Crippen LogP contribution is -2.06. The lowest BCUT2D eigenvalue weighted by Gasteiger charge is -2.13. The molecule has 2 aromatic rings. The van der Waals surface area contributed by atoms with Crippen LogP contribution in [0.2, 0.25) is 4.47 Å². The van der Waals surface area contributed by atoms with Crippen LogP contribution in [0.3, 0.4) is 0 Å². The predicted molar refractivity (Wildman–Crippen MR) is 84.8 cm³/mol. The van der Waals surface area contributed by atoms with Crippen molar-refractivity contribution in [3.63, 3.8) is 0 Å². The van der Waals surface area contributed by atoms with Gasteiger partial charge in [0.15, 0.2) is 16.0 Å². The van der Waals surface area contributed by atoms with Gasteiger partial charge in [-0.2, -0.15) is 0 Å². The molecule has 2 N–H and O–H groups in total. The van der Waals surface area contributed by atoms with Gasteiger partial charge in [-0.1, -0.05) is 11.6 Å². The van der Waals surface area contributed by atoms with Crippen LogP contribution in [0.25, 0.3) is 0 Å². The largest absolute Gasteiger partial charge is 0.503 e. The van der Waals surface area contributed by atoms with E-state index in [0.717, 1.165) is 4.88 Å². The highest BCUT2D eigenvalue weighted by molar-refractivity contribution is 7.15. The first kappa shape index (κ1) is 16.4. The Hall–Kier alpha value is -1.99. The number of ether oxygens (including phenoxy) is 2. The Bertz CT molecular complexity index is 675. The molecule has 0 atom stereocenters. The van der Waals surface area contributed by atoms with Crippen LogP contribution in [0.5, 0.6) is 11.5 Å². The van der Waals surface area contributed by atoms with Crippen LogP contribution in [-0.2, 0) is 22.5 Å². The van der Waals surface area contributed by atoms with E-state index in [1.807, 2.05) is 0 Å². The molecule has 0 aliphatic heterocycles. The fraction of sp³-hybridized carbons (Fsp3) is 0.286. The highest BCUT2D eigenvalue weighted by Gasteiger charge is 2.13. The third kappa shape index (κ3) is 4.02. The molecule has 8 heteroatoms. The summed E-state index contributed by atoms with van der Waals surface area (Å²) in [5.41, 5.74) is 1.13. The summed E-state index contributed by atoms with van der Waals surface area (Å²) in [7, 11) is 2.77. The molecule has 0 aliphatic rings. The number of nitrogens with zero attached hydrogens (tertiary/aromatic N) is 1. The first-order valence-electron chi connectivity index (χ1n) is 6.34. The number of phenols is 1. The van der Waals surface area contributed by atoms with Crippen molar-refractivity contribution in [2.75, 3.05) is 19.5 Å². The minimum atomic E-state index is -0.368. The summed E-state index contributed by atoms with van der Waals surface area (Å²) in [6.07, 6.45) is 1.75. The average Bonchev–Trinajstić information content (AvgIpc) is 2.92. The number of anilines is 1. The van der Waals surface area contributed by atoms with Crippen LogP contribution in [0, 0.1) is 0 Å². The predicted octanol–water partition coefficient (Wildman–Crippen LogP) is 2.84. The number of carbonyl (C=O) groups excluding carboxylic acids is 1. The second-order valence-corrected chi connectivity index (χ2v) is 6.08. The Morgan fingerprint density at radius 2 is 2.23 bits per heavy atom. The summed E-state index contributed by atoms with van der Waals surface area (Å²) < 4.78 is 10.2. The summed E-state index contributed by atoms with van der Waals surface area (Å²) in [5, 5.41) is 13.2. The topological polar surface area (TPSA) is 80.7 Å². The third-order valence-electron chi connectivity index (χ3n) is 2.91. The van der Waals surface area contributed by atoms with Crippen molar-refractivity contribution in [2.45, 2.75) is 13.0 Å². The summed E-state index contributed by atoms with van der Waals surface area (Å²) in [6, 6.07) is 3.28. The Morgan fingerprint density at radius 3 is 2.82 bits per heavy atom. The number of carbonyl (C=O) groups is 1. The van der Waals surface area contributed by atoms with Gasteiger partial charge in [0.05, 0.1) is 32.9 Å². The number of phenolic OH excluding ortho intramolecular Hbond substituents is 1. The Balaban J connectivity index is 2.20. The second-order valence-electron chi connectivity index (χ2n) is 4.38. The van der Waals surface area contributed by atoms with Crippen molar-refractivity contribution >= 4 is 34.6 Å². The highest BCUT2D eigenvalue weighted by atomic mass is 35.5. The van der Waals surface area contributed by atoms with E-state index in [9.17, 15) is 9.90 Å². The molecule has 2 rings (SSSR count). The van der Waals surface area contributed by atoms with E-state index in [1.165, 1.54) is 25.6 Å². The second kappa shape index (κ2) is 7.33. The average molecular weight is 343 g/mol. The molecule has 0 spiro atoms. The molecule has 1 aromatic heterocycles. The third-order valence-corrected chi connectivity index (χ3v) is 4.02. The summed E-state index contributed by atoms with van der Waals surface area (Å²) in [6.45, 7) is 0.447. The number of esters is 1. The first-order chi connectivity index (χ1) is 10.5. The standard InChI is InChI=1S/C14H15ClN2O4S/c1-20-11-4-8(5-12(18)21-2)3-10(13(11)19)16-6-9-7-17-14(15)22-9/h3-4,7,16,19H,5-6H2,1-2H3. The van der Waals surface area contributed by atoms with E-state index < -0.39 is 0 Å². The number of hydrogen-bond donors (Lipinski definition) is 2. The van der Waals surface area contributed by atoms with Crippen LogP contribution in [-0.4, -0.2) is 30.3 Å². The van der Waals surface area contributed by atoms with Crippen molar-refractivity contribution in [3.8, 4) is 11.5 Å². The van der Waals surface area contributed by atoms with Gasteiger partial charge < -0.3 is 19.9 Å². The molecule has 0 radical (unpaired) electrons. The molecule has 0 unspecified atom stereocenters. The van der Waals surface area contributed by atoms with E-state index in [2.05, 4.69) is 15.0 Å². The fourth-order valence-electron chi connectivity index (χ4n) is 1.84. The highest BCUT2D eigenvalue weighted by Crippen LogP contribution is 2.36. The van der Waals surface area contributed by atoms with E-state index in [-0.39, 0.29) is 23.9 Å². The van der Waals surface area contributed by atoms with E-state index in [0.29, 0.717) is 22.3 Å². The minimum Gasteiger partial charge on any atom is -0.503 e. The lowest BCUT2D eigenvalue weighted by molar-refractivity contribution is -0.139. The molecule has 0 amide bonds. The lowest BCUT2D eigenvalue weighted by atomic mass is 10.1. The monoisotopic (exact) mass is 342 g/mol. The van der Waals surface area contributed by atoms with Crippen LogP contribution < -0.4 is 10.1 Å². The summed E-state index contributed by atoms with van der Waals surface area (Å²) in [4.78, 5) is 16.3. The summed E-state index contributed by atoms with van der Waals surface area (Å²) >= 11 is 7.12. The molecular weight excluding hydrogens is 328 g/mol. The molecule has 22 heavy (non-hydrogen) atoms. The van der Waals surface area contributed by atoms with Gasteiger partial charge in [-0.05, 0) is 17.7 Å². The number of nitrogens with one attached hydrogen (secondary N) is 1. The number of thiazole rings is 1. The normalized spacial score (nSPS) is 10.3. The number of aromatic nitrogens is 1. The minimum absolute atomic E-state index is 0.0215. The van der Waals surface area contributed by atoms with Gasteiger partial charge in [-0.15, -0.1) is 11.3 Å². The van der Waals surface area contributed by atoms with E-state index >= 15 is 0 Å². The summed E-state index contributed by atoms with van der Waals surface area (Å²) in [5.74, 6) is -0.106. The molecule has 0 saturated carbocycles. The number of halogens is 1.